The van der Waals surface area contributed by atoms with Gasteiger partial charge in [-0.25, -0.2) is 0 Å². The molecule has 0 bridgehead atoms. The first-order valence-corrected chi connectivity index (χ1v) is 7.13. The van der Waals surface area contributed by atoms with Gasteiger partial charge in [0.1, 0.15) is 0 Å². The van der Waals surface area contributed by atoms with Crippen LogP contribution in [0.25, 0.3) is 0 Å². The quantitative estimate of drug-likeness (QED) is 0.902. The minimum Gasteiger partial charge on any atom is -0.481 e. The third kappa shape index (κ3) is 3.95. The van der Waals surface area contributed by atoms with E-state index in [2.05, 4.69) is 17.0 Å². The van der Waals surface area contributed by atoms with E-state index >= 15 is 0 Å². The summed E-state index contributed by atoms with van der Waals surface area (Å²) >= 11 is 5.85. The van der Waals surface area contributed by atoms with Gasteiger partial charge in [-0.3, -0.25) is 4.79 Å². The Morgan fingerprint density at radius 2 is 2.05 bits per heavy atom. The van der Waals surface area contributed by atoms with Crippen LogP contribution in [0.3, 0.4) is 0 Å². The van der Waals surface area contributed by atoms with Crippen molar-refractivity contribution in [2.24, 2.45) is 11.8 Å². The van der Waals surface area contributed by atoms with Gasteiger partial charge in [0, 0.05) is 18.1 Å². The zero-order valence-electron chi connectivity index (χ0n) is 11.2. The second-order valence-electron chi connectivity index (χ2n) is 5.41. The third-order valence-electron chi connectivity index (χ3n) is 3.86. The molecule has 1 N–H and O–H groups in total. The fourth-order valence-corrected chi connectivity index (χ4v) is 2.86. The largest absolute Gasteiger partial charge is 0.481 e. The van der Waals surface area contributed by atoms with Crippen LogP contribution in [-0.2, 0) is 11.2 Å². The Kier molecular flexibility index (Phi) is 4.83. The molecule has 0 unspecified atom stereocenters. The van der Waals surface area contributed by atoms with Gasteiger partial charge in [-0.05, 0) is 43.0 Å². The number of aryl methyl sites for hydroxylation is 1. The van der Waals surface area contributed by atoms with Gasteiger partial charge in [0.25, 0.3) is 0 Å². The van der Waals surface area contributed by atoms with Crippen molar-refractivity contribution in [3.8, 4) is 0 Å². The summed E-state index contributed by atoms with van der Waals surface area (Å²) < 4.78 is 0. The lowest BCUT2D eigenvalue weighted by molar-refractivity contribution is -0.142. The third-order valence-corrected chi connectivity index (χ3v) is 4.11. The van der Waals surface area contributed by atoms with E-state index in [1.165, 1.54) is 5.56 Å². The molecular weight excluding hydrogens is 262 g/mol. The van der Waals surface area contributed by atoms with E-state index in [1.807, 2.05) is 19.1 Å². The molecule has 0 aliphatic carbocycles. The first-order valence-electron chi connectivity index (χ1n) is 6.76. The molecule has 1 saturated heterocycles. The monoisotopic (exact) mass is 281 g/mol. The highest BCUT2D eigenvalue weighted by Crippen LogP contribution is 2.23. The fourth-order valence-electron chi connectivity index (χ4n) is 2.73. The van der Waals surface area contributed by atoms with E-state index < -0.39 is 5.97 Å². The van der Waals surface area contributed by atoms with Gasteiger partial charge in [0.2, 0.25) is 0 Å². The van der Waals surface area contributed by atoms with Crippen molar-refractivity contribution in [1.82, 2.24) is 4.90 Å². The Balaban J connectivity index is 1.75. The normalized spacial score (nSPS) is 23.7. The molecule has 0 spiro atoms. The number of likely N-dealkylation sites (tertiary alicyclic amines) is 1. The summed E-state index contributed by atoms with van der Waals surface area (Å²) in [6, 6.07) is 7.93. The van der Waals surface area contributed by atoms with Crippen LogP contribution in [-0.4, -0.2) is 35.6 Å². The summed E-state index contributed by atoms with van der Waals surface area (Å²) in [5.41, 5.74) is 1.28. The molecule has 1 aromatic carbocycles. The number of carbonyl (C=O) groups is 1. The van der Waals surface area contributed by atoms with Crippen LogP contribution in [0.4, 0.5) is 0 Å². The highest BCUT2D eigenvalue weighted by molar-refractivity contribution is 6.30. The number of rotatable bonds is 5. The SMILES string of the molecule is C[C@@H]1CN(CCCc2ccc(Cl)cc2)C[C@H]1C(=O)O. The van der Waals surface area contributed by atoms with Crippen molar-refractivity contribution in [3.05, 3.63) is 34.9 Å². The van der Waals surface area contributed by atoms with Crippen LogP contribution >= 0.6 is 11.6 Å². The van der Waals surface area contributed by atoms with Crippen molar-refractivity contribution in [2.45, 2.75) is 19.8 Å². The fraction of sp³-hybridized carbons (Fsp3) is 0.533. The summed E-state index contributed by atoms with van der Waals surface area (Å²) in [5, 5.41) is 9.86. The van der Waals surface area contributed by atoms with Crippen LogP contribution < -0.4 is 0 Å². The molecule has 4 heteroatoms. The van der Waals surface area contributed by atoms with Crippen LogP contribution in [0.15, 0.2) is 24.3 Å². The van der Waals surface area contributed by atoms with Gasteiger partial charge in [0.15, 0.2) is 0 Å². The molecule has 19 heavy (non-hydrogen) atoms. The highest BCUT2D eigenvalue weighted by Gasteiger charge is 2.34. The summed E-state index contributed by atoms with van der Waals surface area (Å²) in [7, 11) is 0. The molecule has 2 atom stereocenters. The molecule has 1 aliphatic rings. The average molecular weight is 282 g/mol. The maximum Gasteiger partial charge on any atom is 0.308 e. The number of hydrogen-bond donors (Lipinski definition) is 1. The second kappa shape index (κ2) is 6.40. The topological polar surface area (TPSA) is 40.5 Å². The number of hydrogen-bond acceptors (Lipinski definition) is 2. The molecule has 0 radical (unpaired) electrons. The molecule has 0 aromatic heterocycles. The van der Waals surface area contributed by atoms with Gasteiger partial charge in [-0.15, -0.1) is 0 Å². The van der Waals surface area contributed by atoms with E-state index in [0.29, 0.717) is 6.54 Å². The predicted octanol–water partition coefficient (Wildman–Crippen LogP) is 2.93. The minimum atomic E-state index is -0.660. The maximum atomic E-state index is 11.0. The first-order chi connectivity index (χ1) is 9.06. The van der Waals surface area contributed by atoms with E-state index in [0.717, 1.165) is 31.0 Å². The van der Waals surface area contributed by atoms with E-state index in [-0.39, 0.29) is 11.8 Å². The van der Waals surface area contributed by atoms with Crippen LogP contribution in [0.2, 0.25) is 5.02 Å². The van der Waals surface area contributed by atoms with Crippen LogP contribution in [0.1, 0.15) is 18.9 Å². The Bertz CT molecular complexity index is 432. The molecule has 1 heterocycles. The van der Waals surface area contributed by atoms with E-state index in [1.54, 1.807) is 0 Å². The van der Waals surface area contributed by atoms with Crippen molar-refractivity contribution in [1.29, 1.82) is 0 Å². The number of nitrogens with zero attached hydrogens (tertiary/aromatic N) is 1. The number of carboxylic acids is 1. The Morgan fingerprint density at radius 3 is 2.63 bits per heavy atom. The zero-order chi connectivity index (χ0) is 13.8. The summed E-state index contributed by atoms with van der Waals surface area (Å²) in [6.45, 7) is 4.59. The van der Waals surface area contributed by atoms with Crippen molar-refractivity contribution < 1.29 is 9.90 Å². The molecule has 1 aliphatic heterocycles. The molecule has 0 amide bonds. The van der Waals surface area contributed by atoms with E-state index in [4.69, 9.17) is 16.7 Å². The summed E-state index contributed by atoms with van der Waals surface area (Å²) in [5.74, 6) is -0.601. The van der Waals surface area contributed by atoms with Gasteiger partial charge >= 0.3 is 5.97 Å². The lowest BCUT2D eigenvalue weighted by atomic mass is 9.99. The first kappa shape index (κ1) is 14.4. The predicted molar refractivity (Wildman–Crippen MR) is 76.5 cm³/mol. The summed E-state index contributed by atoms with van der Waals surface area (Å²) in [6.07, 6.45) is 2.07. The Morgan fingerprint density at radius 1 is 1.37 bits per heavy atom. The minimum absolute atomic E-state index is 0.199. The van der Waals surface area contributed by atoms with Crippen molar-refractivity contribution >= 4 is 17.6 Å². The number of benzene rings is 1. The standard InChI is InChI=1S/C15H20ClNO2/c1-11-9-17(10-14(11)15(18)19)8-2-3-12-4-6-13(16)7-5-12/h4-7,11,14H,2-3,8-10H2,1H3,(H,18,19)/t11-,14-/m1/s1. The molecule has 1 fully saturated rings. The zero-order valence-corrected chi connectivity index (χ0v) is 11.9. The van der Waals surface area contributed by atoms with Gasteiger partial charge in [-0.2, -0.15) is 0 Å². The Hall–Kier alpha value is -1.06. The second-order valence-corrected chi connectivity index (χ2v) is 5.85. The molecule has 1 aromatic rings. The smallest absolute Gasteiger partial charge is 0.308 e. The van der Waals surface area contributed by atoms with Gasteiger partial charge in [0.05, 0.1) is 5.92 Å². The van der Waals surface area contributed by atoms with Crippen molar-refractivity contribution in [2.75, 3.05) is 19.6 Å². The lowest BCUT2D eigenvalue weighted by Gasteiger charge is -2.14. The van der Waals surface area contributed by atoms with Gasteiger partial charge in [-0.1, -0.05) is 30.7 Å². The molecule has 104 valence electrons. The molecule has 3 nitrogen and oxygen atoms in total. The average Bonchev–Trinajstić information content (AvgIpc) is 2.73. The molecule has 2 rings (SSSR count). The van der Waals surface area contributed by atoms with E-state index in [9.17, 15) is 4.79 Å². The highest BCUT2D eigenvalue weighted by atomic mass is 35.5. The maximum absolute atomic E-state index is 11.0. The lowest BCUT2D eigenvalue weighted by Crippen LogP contribution is -2.24. The van der Waals surface area contributed by atoms with Crippen molar-refractivity contribution in [3.63, 3.8) is 0 Å². The number of carboxylic acid groups (broad SMARTS) is 1. The number of halogens is 1. The Labute approximate surface area is 119 Å². The number of aliphatic carboxylic acids is 1. The molecular formula is C15H20ClNO2. The van der Waals surface area contributed by atoms with Crippen LogP contribution in [0.5, 0.6) is 0 Å². The summed E-state index contributed by atoms with van der Waals surface area (Å²) in [4.78, 5) is 13.3. The molecule has 0 saturated carbocycles. The van der Waals surface area contributed by atoms with Gasteiger partial charge < -0.3 is 10.0 Å². The van der Waals surface area contributed by atoms with Crippen LogP contribution in [0, 0.1) is 11.8 Å².